The summed E-state index contributed by atoms with van der Waals surface area (Å²) in [4.78, 5) is 49.2. The number of aromatic nitrogens is 2. The molecule has 132 valence electrons. The normalized spacial score (nSPS) is 11.0. The van der Waals surface area contributed by atoms with Gasteiger partial charge in [-0.25, -0.2) is 9.59 Å². The minimum Gasteiger partial charge on any atom is -0.451 e. The van der Waals surface area contributed by atoms with Gasteiger partial charge in [0.05, 0.1) is 5.56 Å². The van der Waals surface area contributed by atoms with E-state index in [0.717, 1.165) is 18.2 Å². The second kappa shape index (κ2) is 7.03. The third-order valence-corrected chi connectivity index (χ3v) is 2.79. The largest absolute Gasteiger partial charge is 0.451 e. The summed E-state index contributed by atoms with van der Waals surface area (Å²) in [5.74, 6) is -2.05. The van der Waals surface area contributed by atoms with Crippen molar-refractivity contribution in [1.29, 1.82) is 0 Å². The molecule has 3 N–H and O–H groups in total. The van der Waals surface area contributed by atoms with E-state index < -0.39 is 47.2 Å². The molecule has 0 radical (unpaired) electrons. The molecule has 11 heteroatoms. The van der Waals surface area contributed by atoms with E-state index in [0.29, 0.717) is 6.07 Å². The van der Waals surface area contributed by atoms with Gasteiger partial charge in [0.15, 0.2) is 6.61 Å². The maximum Gasteiger partial charge on any atom is 0.416 e. The lowest BCUT2D eigenvalue weighted by molar-refractivity contribution is -0.137. The van der Waals surface area contributed by atoms with Gasteiger partial charge in [0.1, 0.15) is 5.69 Å². The molecule has 0 saturated carbocycles. The Morgan fingerprint density at radius 1 is 1.12 bits per heavy atom. The van der Waals surface area contributed by atoms with Crippen molar-refractivity contribution in [2.24, 2.45) is 0 Å². The smallest absolute Gasteiger partial charge is 0.416 e. The molecule has 1 amide bonds. The monoisotopic (exact) mass is 357 g/mol. The Bertz CT molecular complexity index is 888. The van der Waals surface area contributed by atoms with Crippen LogP contribution in [0.1, 0.15) is 16.1 Å². The van der Waals surface area contributed by atoms with Gasteiger partial charge in [-0.3, -0.25) is 14.6 Å². The average Bonchev–Trinajstić information content (AvgIpc) is 2.51. The summed E-state index contributed by atoms with van der Waals surface area (Å²) in [5, 5.41) is 2.13. The van der Waals surface area contributed by atoms with E-state index in [1.807, 2.05) is 9.97 Å². The number of rotatable bonds is 4. The number of hydrogen-bond donors (Lipinski definition) is 3. The van der Waals surface area contributed by atoms with Crippen molar-refractivity contribution in [3.63, 3.8) is 0 Å². The first-order chi connectivity index (χ1) is 11.6. The Hall–Kier alpha value is -3.37. The molecular formula is C14H10F3N3O5. The SMILES string of the molecule is O=C(COC(=O)c1cc(=O)[nH]c(=O)[nH]1)Nc1cccc(C(F)(F)F)c1. The number of alkyl halides is 3. The number of benzene rings is 1. The molecule has 1 aromatic carbocycles. The number of amides is 1. The van der Waals surface area contributed by atoms with Gasteiger partial charge in [-0.05, 0) is 18.2 Å². The molecule has 25 heavy (non-hydrogen) atoms. The fourth-order valence-electron chi connectivity index (χ4n) is 1.76. The Kier molecular flexibility index (Phi) is 5.05. The summed E-state index contributed by atoms with van der Waals surface area (Å²) in [6.45, 7) is -0.829. The van der Waals surface area contributed by atoms with Crippen LogP contribution >= 0.6 is 0 Å². The Balaban J connectivity index is 1.98. The molecule has 0 unspecified atom stereocenters. The van der Waals surface area contributed by atoms with Crippen molar-refractivity contribution in [3.8, 4) is 0 Å². The maximum absolute atomic E-state index is 12.6. The van der Waals surface area contributed by atoms with E-state index in [9.17, 15) is 32.3 Å². The predicted octanol–water partition coefficient (Wildman–Crippen LogP) is 0.878. The Morgan fingerprint density at radius 2 is 1.84 bits per heavy atom. The Morgan fingerprint density at radius 3 is 2.48 bits per heavy atom. The molecule has 0 aliphatic rings. The van der Waals surface area contributed by atoms with Crippen LogP contribution in [0.15, 0.2) is 39.9 Å². The number of halogens is 3. The van der Waals surface area contributed by atoms with Crippen LogP contribution in [0.5, 0.6) is 0 Å². The molecule has 0 spiro atoms. The summed E-state index contributed by atoms with van der Waals surface area (Å²) in [6.07, 6.45) is -4.57. The van der Waals surface area contributed by atoms with E-state index in [2.05, 4.69) is 10.1 Å². The quantitative estimate of drug-likeness (QED) is 0.702. The van der Waals surface area contributed by atoms with E-state index in [4.69, 9.17) is 0 Å². The van der Waals surface area contributed by atoms with Gasteiger partial charge in [-0.15, -0.1) is 0 Å². The number of esters is 1. The molecule has 0 aliphatic carbocycles. The first kappa shape index (κ1) is 18.0. The number of hydrogen-bond acceptors (Lipinski definition) is 5. The van der Waals surface area contributed by atoms with Gasteiger partial charge in [0.25, 0.3) is 11.5 Å². The molecule has 0 fully saturated rings. The van der Waals surface area contributed by atoms with Crippen molar-refractivity contribution in [3.05, 3.63) is 62.4 Å². The summed E-state index contributed by atoms with van der Waals surface area (Å²) in [6, 6.07) is 4.63. The van der Waals surface area contributed by atoms with Crippen molar-refractivity contribution < 1.29 is 27.5 Å². The first-order valence-corrected chi connectivity index (χ1v) is 6.63. The molecule has 0 bridgehead atoms. The van der Waals surface area contributed by atoms with E-state index in [1.54, 1.807) is 0 Å². The fraction of sp³-hybridized carbons (Fsp3) is 0.143. The lowest BCUT2D eigenvalue weighted by atomic mass is 10.2. The highest BCUT2D eigenvalue weighted by Crippen LogP contribution is 2.30. The molecule has 1 heterocycles. The first-order valence-electron chi connectivity index (χ1n) is 6.63. The van der Waals surface area contributed by atoms with E-state index in [1.165, 1.54) is 6.07 Å². The molecule has 8 nitrogen and oxygen atoms in total. The standard InChI is InChI=1S/C14H10F3N3O5/c15-14(16,17)7-2-1-3-8(4-7)18-11(22)6-25-12(23)9-5-10(21)20-13(24)19-9/h1-5H,6H2,(H,18,22)(H2,19,20,21,24). The van der Waals surface area contributed by atoms with Crippen molar-refractivity contribution in [1.82, 2.24) is 9.97 Å². The van der Waals surface area contributed by atoms with Crippen LogP contribution in [0.4, 0.5) is 18.9 Å². The highest BCUT2D eigenvalue weighted by atomic mass is 19.4. The van der Waals surface area contributed by atoms with Crippen LogP contribution in [-0.4, -0.2) is 28.5 Å². The number of aromatic amines is 2. The zero-order chi connectivity index (χ0) is 18.6. The third kappa shape index (κ3) is 5.06. The third-order valence-electron chi connectivity index (χ3n) is 2.79. The zero-order valence-electron chi connectivity index (χ0n) is 12.3. The van der Waals surface area contributed by atoms with Gasteiger partial charge in [-0.2, -0.15) is 13.2 Å². The molecule has 0 saturated heterocycles. The molecular weight excluding hydrogens is 347 g/mol. The number of carbonyl (C=O) groups excluding carboxylic acids is 2. The van der Waals surface area contributed by atoms with Crippen molar-refractivity contribution >= 4 is 17.6 Å². The summed E-state index contributed by atoms with van der Waals surface area (Å²) in [5.41, 5.74) is -3.35. The minimum absolute atomic E-state index is 0.138. The average molecular weight is 357 g/mol. The van der Waals surface area contributed by atoms with Crippen LogP contribution in [0.3, 0.4) is 0 Å². The van der Waals surface area contributed by atoms with Crippen LogP contribution < -0.4 is 16.6 Å². The number of H-pyrrole nitrogens is 2. The highest BCUT2D eigenvalue weighted by molar-refractivity contribution is 5.94. The summed E-state index contributed by atoms with van der Waals surface area (Å²) >= 11 is 0. The van der Waals surface area contributed by atoms with E-state index in [-0.39, 0.29) is 5.69 Å². The lowest BCUT2D eigenvalue weighted by Gasteiger charge is -2.10. The topological polar surface area (TPSA) is 121 Å². The van der Waals surface area contributed by atoms with Gasteiger partial charge >= 0.3 is 17.8 Å². The van der Waals surface area contributed by atoms with Gasteiger partial charge in [-0.1, -0.05) is 6.07 Å². The molecule has 0 atom stereocenters. The number of ether oxygens (including phenoxy) is 1. The predicted molar refractivity (Wildman–Crippen MR) is 78.0 cm³/mol. The van der Waals surface area contributed by atoms with Crippen LogP contribution in [0.25, 0.3) is 0 Å². The fourth-order valence-corrected chi connectivity index (χ4v) is 1.76. The van der Waals surface area contributed by atoms with E-state index >= 15 is 0 Å². The summed E-state index contributed by atoms with van der Waals surface area (Å²) in [7, 11) is 0. The van der Waals surface area contributed by atoms with Crippen molar-refractivity contribution in [2.75, 3.05) is 11.9 Å². The van der Waals surface area contributed by atoms with Gasteiger partial charge in [0, 0.05) is 11.8 Å². The minimum atomic E-state index is -4.57. The second-order valence-corrected chi connectivity index (χ2v) is 4.70. The molecule has 0 aliphatic heterocycles. The molecule has 1 aromatic heterocycles. The van der Waals surface area contributed by atoms with Crippen LogP contribution in [0, 0.1) is 0 Å². The maximum atomic E-state index is 12.6. The summed E-state index contributed by atoms with van der Waals surface area (Å²) < 4.78 is 42.3. The number of carbonyl (C=O) groups is 2. The van der Waals surface area contributed by atoms with Crippen LogP contribution in [0.2, 0.25) is 0 Å². The Labute approximate surface area is 136 Å². The van der Waals surface area contributed by atoms with Gasteiger partial charge in [0.2, 0.25) is 0 Å². The van der Waals surface area contributed by atoms with Crippen molar-refractivity contribution in [2.45, 2.75) is 6.18 Å². The zero-order valence-corrected chi connectivity index (χ0v) is 12.3. The highest BCUT2D eigenvalue weighted by Gasteiger charge is 2.30. The van der Waals surface area contributed by atoms with Crippen LogP contribution in [-0.2, 0) is 15.7 Å². The molecule has 2 aromatic rings. The molecule has 2 rings (SSSR count). The van der Waals surface area contributed by atoms with Gasteiger partial charge < -0.3 is 15.0 Å². The lowest BCUT2D eigenvalue weighted by Crippen LogP contribution is -2.27. The number of anilines is 1. The second-order valence-electron chi connectivity index (χ2n) is 4.70. The number of nitrogens with one attached hydrogen (secondary N) is 3.